The van der Waals surface area contributed by atoms with Gasteiger partial charge in [-0.15, -0.1) is 0 Å². The van der Waals surface area contributed by atoms with E-state index in [-0.39, 0.29) is 5.41 Å². The van der Waals surface area contributed by atoms with Crippen molar-refractivity contribution in [1.82, 2.24) is 0 Å². The lowest BCUT2D eigenvalue weighted by molar-refractivity contribution is 0.590. The van der Waals surface area contributed by atoms with Crippen molar-refractivity contribution in [3.63, 3.8) is 0 Å². The summed E-state index contributed by atoms with van der Waals surface area (Å²) in [7, 11) is 0. The SMILES string of the molecule is CC(C)(C)c1cc(C=Cc2ccccc2)cc(C=Cc2ccccc2)c1. The van der Waals surface area contributed by atoms with Crippen LogP contribution in [-0.4, -0.2) is 0 Å². The standard InChI is InChI=1S/C26H26/c1-26(2,3)25-19-23(16-14-21-10-6-4-7-11-21)18-24(20-25)17-15-22-12-8-5-9-13-22/h4-20H,1-3H3. The highest BCUT2D eigenvalue weighted by Crippen LogP contribution is 2.26. The van der Waals surface area contributed by atoms with Crippen LogP contribution < -0.4 is 0 Å². The minimum absolute atomic E-state index is 0.117. The first-order chi connectivity index (χ1) is 12.5. The molecular formula is C26H26. The van der Waals surface area contributed by atoms with E-state index < -0.39 is 0 Å². The Morgan fingerprint density at radius 3 is 1.27 bits per heavy atom. The lowest BCUT2D eigenvalue weighted by atomic mass is 9.85. The average Bonchev–Trinajstić information content (AvgIpc) is 2.66. The fourth-order valence-electron chi connectivity index (χ4n) is 2.82. The predicted molar refractivity (Wildman–Crippen MR) is 116 cm³/mol. The lowest BCUT2D eigenvalue weighted by Crippen LogP contribution is -2.11. The van der Waals surface area contributed by atoms with Gasteiger partial charge in [0.2, 0.25) is 0 Å². The highest BCUT2D eigenvalue weighted by molar-refractivity contribution is 5.75. The first kappa shape index (κ1) is 17.9. The molecule has 0 unspecified atom stereocenters. The van der Waals surface area contributed by atoms with E-state index in [0.29, 0.717) is 0 Å². The molecule has 0 nitrogen and oxygen atoms in total. The van der Waals surface area contributed by atoms with Crippen molar-refractivity contribution >= 4 is 24.3 Å². The van der Waals surface area contributed by atoms with Crippen molar-refractivity contribution in [3.8, 4) is 0 Å². The largest absolute Gasteiger partial charge is 0.0622 e. The van der Waals surface area contributed by atoms with Gasteiger partial charge in [-0.1, -0.05) is 118 Å². The second kappa shape index (κ2) is 8.01. The average molecular weight is 338 g/mol. The fraction of sp³-hybridized carbons (Fsp3) is 0.154. The molecule has 3 aromatic rings. The van der Waals surface area contributed by atoms with Gasteiger partial charge in [-0.05, 0) is 39.3 Å². The molecule has 0 heteroatoms. The lowest BCUT2D eigenvalue weighted by Gasteiger charge is -2.20. The van der Waals surface area contributed by atoms with Crippen molar-refractivity contribution < 1.29 is 0 Å². The number of rotatable bonds is 4. The summed E-state index contributed by atoms with van der Waals surface area (Å²) in [5, 5.41) is 0. The van der Waals surface area contributed by atoms with Crippen LogP contribution in [0.5, 0.6) is 0 Å². The van der Waals surface area contributed by atoms with Gasteiger partial charge in [-0.25, -0.2) is 0 Å². The molecule has 0 aromatic heterocycles. The molecule has 0 heterocycles. The van der Waals surface area contributed by atoms with Gasteiger partial charge in [0.25, 0.3) is 0 Å². The van der Waals surface area contributed by atoms with E-state index in [1.54, 1.807) is 0 Å². The second-order valence-corrected chi connectivity index (χ2v) is 7.63. The molecule has 3 rings (SSSR count). The van der Waals surface area contributed by atoms with Crippen LogP contribution >= 0.6 is 0 Å². The summed E-state index contributed by atoms with van der Waals surface area (Å²) in [6.45, 7) is 6.78. The quantitative estimate of drug-likeness (QED) is 0.437. The van der Waals surface area contributed by atoms with E-state index >= 15 is 0 Å². The molecule has 0 radical (unpaired) electrons. The topological polar surface area (TPSA) is 0 Å². The minimum atomic E-state index is 0.117. The Balaban J connectivity index is 1.94. The zero-order chi connectivity index (χ0) is 18.4. The van der Waals surface area contributed by atoms with E-state index in [0.717, 1.165) is 0 Å². The molecule has 0 bridgehead atoms. The van der Waals surface area contributed by atoms with Crippen LogP contribution in [0.25, 0.3) is 24.3 Å². The van der Waals surface area contributed by atoms with Crippen LogP contribution in [-0.2, 0) is 5.41 Å². The van der Waals surface area contributed by atoms with Crippen molar-refractivity contribution in [1.29, 1.82) is 0 Å². The monoisotopic (exact) mass is 338 g/mol. The third-order valence-corrected chi connectivity index (χ3v) is 4.38. The van der Waals surface area contributed by atoms with Gasteiger partial charge in [-0.3, -0.25) is 0 Å². The molecule has 0 aliphatic carbocycles. The summed E-state index contributed by atoms with van der Waals surface area (Å²) in [5.74, 6) is 0. The van der Waals surface area contributed by atoms with E-state index in [9.17, 15) is 0 Å². The highest BCUT2D eigenvalue weighted by Gasteiger charge is 2.14. The smallest absolute Gasteiger partial charge is 0.0131 e. The summed E-state index contributed by atoms with van der Waals surface area (Å²) in [6, 6.07) is 27.7. The third kappa shape index (κ3) is 5.07. The van der Waals surface area contributed by atoms with Gasteiger partial charge >= 0.3 is 0 Å². The number of hydrogen-bond donors (Lipinski definition) is 0. The maximum absolute atomic E-state index is 2.29. The van der Waals surface area contributed by atoms with Gasteiger partial charge in [-0.2, -0.15) is 0 Å². The molecule has 0 spiro atoms. The molecule has 0 atom stereocenters. The Morgan fingerprint density at radius 1 is 0.500 bits per heavy atom. The van der Waals surface area contributed by atoms with Crippen molar-refractivity contribution in [2.45, 2.75) is 26.2 Å². The minimum Gasteiger partial charge on any atom is -0.0622 e. The summed E-state index contributed by atoms with van der Waals surface area (Å²) in [6.07, 6.45) is 8.74. The summed E-state index contributed by atoms with van der Waals surface area (Å²) in [4.78, 5) is 0. The molecule has 0 fully saturated rings. The van der Waals surface area contributed by atoms with Crippen molar-refractivity contribution in [2.75, 3.05) is 0 Å². The predicted octanol–water partition coefficient (Wildman–Crippen LogP) is 7.32. The molecule has 3 aromatic carbocycles. The fourth-order valence-corrected chi connectivity index (χ4v) is 2.82. The van der Waals surface area contributed by atoms with Crippen molar-refractivity contribution in [3.05, 3.63) is 107 Å². The van der Waals surface area contributed by atoms with Crippen LogP contribution in [0.3, 0.4) is 0 Å². The van der Waals surface area contributed by atoms with Gasteiger partial charge in [0.1, 0.15) is 0 Å². The van der Waals surface area contributed by atoms with Gasteiger partial charge in [0.05, 0.1) is 0 Å². The van der Waals surface area contributed by atoms with E-state index in [1.807, 2.05) is 12.1 Å². The molecule has 0 N–H and O–H groups in total. The third-order valence-electron chi connectivity index (χ3n) is 4.38. The Hall–Kier alpha value is -2.86. The summed E-state index contributed by atoms with van der Waals surface area (Å²) in [5.41, 5.74) is 6.36. The molecule has 0 saturated carbocycles. The molecular weight excluding hydrogens is 312 g/mol. The van der Waals surface area contributed by atoms with Gasteiger partial charge in [0, 0.05) is 0 Å². The first-order valence-electron chi connectivity index (χ1n) is 9.12. The van der Waals surface area contributed by atoms with Gasteiger partial charge in [0.15, 0.2) is 0 Å². The number of hydrogen-bond acceptors (Lipinski definition) is 0. The second-order valence-electron chi connectivity index (χ2n) is 7.63. The van der Waals surface area contributed by atoms with Gasteiger partial charge < -0.3 is 0 Å². The maximum atomic E-state index is 2.29. The normalized spacial score (nSPS) is 12.1. The van der Waals surface area contributed by atoms with Crippen LogP contribution in [0.4, 0.5) is 0 Å². The van der Waals surface area contributed by atoms with E-state index in [2.05, 4.69) is 112 Å². The van der Waals surface area contributed by atoms with Crippen LogP contribution in [0.15, 0.2) is 78.9 Å². The Labute approximate surface area is 157 Å². The van der Waals surface area contributed by atoms with E-state index in [4.69, 9.17) is 0 Å². The molecule has 0 aliphatic heterocycles. The Morgan fingerprint density at radius 2 is 0.885 bits per heavy atom. The first-order valence-corrected chi connectivity index (χ1v) is 9.12. The summed E-state index contributed by atoms with van der Waals surface area (Å²) < 4.78 is 0. The number of benzene rings is 3. The highest BCUT2D eigenvalue weighted by atomic mass is 14.2. The molecule has 0 aliphatic rings. The Kier molecular flexibility index (Phi) is 5.53. The van der Waals surface area contributed by atoms with Crippen LogP contribution in [0.1, 0.15) is 48.6 Å². The maximum Gasteiger partial charge on any atom is -0.0131 e. The molecule has 26 heavy (non-hydrogen) atoms. The molecule has 0 amide bonds. The zero-order valence-electron chi connectivity index (χ0n) is 15.8. The zero-order valence-corrected chi connectivity index (χ0v) is 15.8. The van der Waals surface area contributed by atoms with Crippen LogP contribution in [0, 0.1) is 0 Å². The molecule has 130 valence electrons. The summed E-state index contributed by atoms with van der Waals surface area (Å²) >= 11 is 0. The molecule has 0 saturated heterocycles. The van der Waals surface area contributed by atoms with E-state index in [1.165, 1.54) is 27.8 Å². The van der Waals surface area contributed by atoms with Crippen LogP contribution in [0.2, 0.25) is 0 Å². The van der Waals surface area contributed by atoms with Crippen molar-refractivity contribution in [2.24, 2.45) is 0 Å². The Bertz CT molecular complexity index is 824.